The largest absolute Gasteiger partial charge is 0.388 e. The molecule has 4 N–H and O–H groups in total. The van der Waals surface area contributed by atoms with Crippen molar-refractivity contribution in [2.45, 2.75) is 0 Å². The Bertz CT molecular complexity index is 506. The van der Waals surface area contributed by atoms with Crippen molar-refractivity contribution < 1.29 is 9.90 Å². The fourth-order valence-corrected chi connectivity index (χ4v) is 1.64. The smallest absolute Gasteiger partial charge is 0.249 e. The summed E-state index contributed by atoms with van der Waals surface area (Å²) in [6.45, 7) is 3.58. The third kappa shape index (κ3) is 1.57. The maximum atomic E-state index is 11.2. The molecule has 1 aromatic carbocycles. The van der Waals surface area contributed by atoms with E-state index in [0.29, 0.717) is 28.3 Å². The molecule has 0 aromatic heterocycles. The molecule has 1 aliphatic rings. The molecular formula is C11H11N3O2. The first-order chi connectivity index (χ1) is 7.63. The highest BCUT2D eigenvalue weighted by Gasteiger charge is 2.19. The molecule has 82 valence electrons. The van der Waals surface area contributed by atoms with E-state index >= 15 is 0 Å². The van der Waals surface area contributed by atoms with Crippen LogP contribution in [0.4, 0.5) is 5.69 Å². The topological polar surface area (TPSA) is 87.7 Å². The van der Waals surface area contributed by atoms with Gasteiger partial charge in [-0.3, -0.25) is 4.79 Å². The van der Waals surface area contributed by atoms with Gasteiger partial charge in [0, 0.05) is 11.3 Å². The number of nitrogens with two attached hydrogens (primary N) is 1. The molecule has 0 radical (unpaired) electrons. The first-order valence-electron chi connectivity index (χ1n) is 4.71. The van der Waals surface area contributed by atoms with Gasteiger partial charge < -0.3 is 16.2 Å². The number of carbonyl (C=O) groups is 1. The van der Waals surface area contributed by atoms with Crippen molar-refractivity contribution in [1.82, 2.24) is 5.32 Å². The molecule has 1 heterocycles. The van der Waals surface area contributed by atoms with Crippen molar-refractivity contribution in [2.24, 2.45) is 10.7 Å². The Morgan fingerprint density at radius 2 is 2.31 bits per heavy atom. The van der Waals surface area contributed by atoms with Crippen molar-refractivity contribution in [2.75, 3.05) is 6.61 Å². The first-order valence-corrected chi connectivity index (χ1v) is 4.71. The molecule has 16 heavy (non-hydrogen) atoms. The van der Waals surface area contributed by atoms with Crippen LogP contribution in [0.3, 0.4) is 0 Å². The van der Waals surface area contributed by atoms with E-state index in [-0.39, 0.29) is 6.61 Å². The van der Waals surface area contributed by atoms with Gasteiger partial charge in [-0.25, -0.2) is 4.99 Å². The number of primary amides is 1. The van der Waals surface area contributed by atoms with Gasteiger partial charge in [-0.15, -0.1) is 0 Å². The predicted molar refractivity (Wildman–Crippen MR) is 61.3 cm³/mol. The van der Waals surface area contributed by atoms with Gasteiger partial charge in [-0.1, -0.05) is 12.6 Å². The summed E-state index contributed by atoms with van der Waals surface area (Å²) in [5, 5.41) is 11.8. The quantitative estimate of drug-likeness (QED) is 0.669. The summed E-state index contributed by atoms with van der Waals surface area (Å²) in [5.74, 6) is -0.124. The number of aliphatic hydroxyl groups excluding tert-OH is 1. The lowest BCUT2D eigenvalue weighted by Crippen LogP contribution is -2.29. The zero-order chi connectivity index (χ0) is 11.7. The number of carbonyl (C=O) groups excluding carboxylic acids is 1. The van der Waals surface area contributed by atoms with E-state index in [1.165, 1.54) is 0 Å². The van der Waals surface area contributed by atoms with Crippen LogP contribution < -0.4 is 11.1 Å². The summed E-state index contributed by atoms with van der Waals surface area (Å²) in [4.78, 5) is 15.4. The number of aliphatic hydroxyl groups is 1. The third-order valence-electron chi connectivity index (χ3n) is 2.31. The number of nitrogens with zero attached hydrogens (tertiary/aromatic N) is 1. The van der Waals surface area contributed by atoms with E-state index in [1.807, 2.05) is 0 Å². The standard InChI is InChI=1S/C11H11N3O2/c1-6-10-7(11(12)16)3-2-4-8(10)14-9(5-15)13-6/h2-4,15H,1,5H2,(H2,12,16)(H,13,14). The second-order valence-electron chi connectivity index (χ2n) is 3.38. The molecular weight excluding hydrogens is 206 g/mol. The highest BCUT2D eigenvalue weighted by atomic mass is 16.3. The zero-order valence-electron chi connectivity index (χ0n) is 8.53. The lowest BCUT2D eigenvalue weighted by atomic mass is 10.0. The summed E-state index contributed by atoms with van der Waals surface area (Å²) in [6, 6.07) is 5.05. The summed E-state index contributed by atoms with van der Waals surface area (Å²) >= 11 is 0. The molecule has 1 aliphatic heterocycles. The van der Waals surface area contributed by atoms with E-state index < -0.39 is 5.91 Å². The van der Waals surface area contributed by atoms with Crippen LogP contribution in [0, 0.1) is 0 Å². The minimum Gasteiger partial charge on any atom is -0.388 e. The van der Waals surface area contributed by atoms with Crippen molar-refractivity contribution in [3.63, 3.8) is 0 Å². The second kappa shape index (κ2) is 3.79. The number of fused-ring (bicyclic) bond motifs is 1. The fourth-order valence-electron chi connectivity index (χ4n) is 1.64. The van der Waals surface area contributed by atoms with Crippen molar-refractivity contribution in [1.29, 1.82) is 0 Å². The number of nitrogens with one attached hydrogen (secondary N) is 1. The Balaban J connectivity index is 2.64. The number of benzene rings is 1. The zero-order valence-corrected chi connectivity index (χ0v) is 8.53. The van der Waals surface area contributed by atoms with Crippen LogP contribution >= 0.6 is 0 Å². The SMILES string of the molecule is C=C1NC(CO)=Nc2cccc(C(N)=O)c21. The molecule has 0 bridgehead atoms. The van der Waals surface area contributed by atoms with Crippen molar-refractivity contribution in [3.05, 3.63) is 35.9 Å². The van der Waals surface area contributed by atoms with Crippen LogP contribution in [0.5, 0.6) is 0 Å². The molecule has 1 amide bonds. The predicted octanol–water partition coefficient (Wildman–Crippen LogP) is 0.382. The molecule has 1 aromatic rings. The minimum atomic E-state index is -0.526. The average molecular weight is 217 g/mol. The minimum absolute atomic E-state index is 0.209. The van der Waals surface area contributed by atoms with Gasteiger partial charge in [-0.05, 0) is 12.1 Å². The summed E-state index contributed by atoms with van der Waals surface area (Å²) in [5.41, 5.74) is 7.33. The molecule has 0 atom stereocenters. The number of rotatable bonds is 2. The van der Waals surface area contributed by atoms with Crippen LogP contribution in [0.15, 0.2) is 29.8 Å². The second-order valence-corrected chi connectivity index (χ2v) is 3.38. The summed E-state index contributed by atoms with van der Waals surface area (Å²) < 4.78 is 0. The van der Waals surface area contributed by atoms with Gasteiger partial charge in [0.2, 0.25) is 5.91 Å². The lowest BCUT2D eigenvalue weighted by Gasteiger charge is -2.20. The Morgan fingerprint density at radius 1 is 1.56 bits per heavy atom. The Labute approximate surface area is 92.3 Å². The average Bonchev–Trinajstić information content (AvgIpc) is 2.27. The van der Waals surface area contributed by atoms with E-state index in [9.17, 15) is 4.79 Å². The van der Waals surface area contributed by atoms with Crippen LogP contribution in [0.2, 0.25) is 0 Å². The Kier molecular flexibility index (Phi) is 2.46. The van der Waals surface area contributed by atoms with Gasteiger partial charge >= 0.3 is 0 Å². The molecule has 0 aliphatic carbocycles. The number of aliphatic imine (C=N–C) groups is 1. The fraction of sp³-hybridized carbons (Fsp3) is 0.0909. The van der Waals surface area contributed by atoms with Gasteiger partial charge in [0.05, 0.1) is 11.3 Å². The van der Waals surface area contributed by atoms with Crippen molar-refractivity contribution in [3.8, 4) is 0 Å². The number of amides is 1. The maximum absolute atomic E-state index is 11.2. The lowest BCUT2D eigenvalue weighted by molar-refractivity contribution is 0.1000. The van der Waals surface area contributed by atoms with Crippen LogP contribution in [0.1, 0.15) is 15.9 Å². The van der Waals surface area contributed by atoms with Crippen LogP contribution in [-0.4, -0.2) is 23.5 Å². The summed E-state index contributed by atoms with van der Waals surface area (Å²) in [7, 11) is 0. The molecule has 0 spiro atoms. The summed E-state index contributed by atoms with van der Waals surface area (Å²) in [6.07, 6.45) is 0. The molecule has 2 rings (SSSR count). The highest BCUT2D eigenvalue weighted by molar-refractivity contribution is 6.05. The van der Waals surface area contributed by atoms with E-state index in [2.05, 4.69) is 16.9 Å². The first kappa shape index (κ1) is 10.4. The number of hydrogen-bond acceptors (Lipinski definition) is 4. The van der Waals surface area contributed by atoms with Crippen LogP contribution in [-0.2, 0) is 0 Å². The molecule has 0 saturated heterocycles. The number of amidine groups is 1. The van der Waals surface area contributed by atoms with Gasteiger partial charge in [0.25, 0.3) is 0 Å². The Hall–Kier alpha value is -2.14. The normalized spacial score (nSPS) is 13.8. The molecule has 0 unspecified atom stereocenters. The third-order valence-corrected chi connectivity index (χ3v) is 2.31. The van der Waals surface area contributed by atoms with Gasteiger partial charge in [0.15, 0.2) is 0 Å². The van der Waals surface area contributed by atoms with E-state index in [0.717, 1.165) is 0 Å². The van der Waals surface area contributed by atoms with Crippen molar-refractivity contribution >= 4 is 23.1 Å². The van der Waals surface area contributed by atoms with Gasteiger partial charge in [0.1, 0.15) is 12.4 Å². The molecule has 5 heteroatoms. The highest BCUT2D eigenvalue weighted by Crippen LogP contribution is 2.30. The number of hydrogen-bond donors (Lipinski definition) is 3. The van der Waals surface area contributed by atoms with Gasteiger partial charge in [-0.2, -0.15) is 0 Å². The molecule has 0 fully saturated rings. The molecule has 0 saturated carbocycles. The van der Waals surface area contributed by atoms with E-state index in [4.69, 9.17) is 10.8 Å². The van der Waals surface area contributed by atoms with Crippen LogP contribution in [0.25, 0.3) is 5.70 Å². The monoisotopic (exact) mass is 217 g/mol. The van der Waals surface area contributed by atoms with E-state index in [1.54, 1.807) is 18.2 Å². The molecule has 5 nitrogen and oxygen atoms in total. The Morgan fingerprint density at radius 3 is 2.94 bits per heavy atom. The maximum Gasteiger partial charge on any atom is 0.249 e.